The highest BCUT2D eigenvalue weighted by atomic mass is 16.5. The Bertz CT molecular complexity index is 800. The minimum Gasteiger partial charge on any atom is -0.494 e. The third-order valence-corrected chi connectivity index (χ3v) is 4.20. The molecular formula is C20H21NO5. The van der Waals surface area contributed by atoms with Gasteiger partial charge in [-0.05, 0) is 47.9 Å². The first-order chi connectivity index (χ1) is 12.6. The minimum atomic E-state index is -1.09. The van der Waals surface area contributed by atoms with Crippen molar-refractivity contribution in [3.8, 4) is 11.5 Å². The Morgan fingerprint density at radius 1 is 1.23 bits per heavy atom. The van der Waals surface area contributed by atoms with Crippen molar-refractivity contribution in [2.24, 2.45) is 0 Å². The van der Waals surface area contributed by atoms with Gasteiger partial charge in [-0.1, -0.05) is 18.2 Å². The van der Waals surface area contributed by atoms with E-state index in [4.69, 9.17) is 9.47 Å². The van der Waals surface area contributed by atoms with Gasteiger partial charge in [0.25, 0.3) is 0 Å². The topological polar surface area (TPSA) is 84.9 Å². The van der Waals surface area contributed by atoms with E-state index < -0.39 is 12.0 Å². The number of carboxylic acids is 1. The van der Waals surface area contributed by atoms with Crippen molar-refractivity contribution in [1.29, 1.82) is 0 Å². The van der Waals surface area contributed by atoms with Crippen LogP contribution in [0.4, 0.5) is 0 Å². The SMILES string of the molecule is CCOc1ccc(CC(=O)NC(C(=O)O)c2ccc3c(c2)CCO3)cc1. The quantitative estimate of drug-likeness (QED) is 0.797. The summed E-state index contributed by atoms with van der Waals surface area (Å²) in [6.07, 6.45) is 0.847. The zero-order valence-corrected chi connectivity index (χ0v) is 14.5. The van der Waals surface area contributed by atoms with E-state index in [1.807, 2.05) is 6.92 Å². The Kier molecular flexibility index (Phi) is 5.41. The molecule has 2 aromatic carbocycles. The van der Waals surface area contributed by atoms with Crippen LogP contribution in [0.25, 0.3) is 0 Å². The van der Waals surface area contributed by atoms with Crippen molar-refractivity contribution in [3.05, 3.63) is 59.2 Å². The second kappa shape index (κ2) is 7.91. The molecule has 0 bridgehead atoms. The summed E-state index contributed by atoms with van der Waals surface area (Å²) in [5, 5.41) is 12.1. The predicted molar refractivity (Wildman–Crippen MR) is 95.5 cm³/mol. The van der Waals surface area contributed by atoms with Gasteiger partial charge in [0.1, 0.15) is 11.5 Å². The zero-order valence-electron chi connectivity index (χ0n) is 14.5. The number of amides is 1. The minimum absolute atomic E-state index is 0.101. The average molecular weight is 355 g/mol. The van der Waals surface area contributed by atoms with Crippen LogP contribution < -0.4 is 14.8 Å². The molecule has 0 fully saturated rings. The fraction of sp³-hybridized carbons (Fsp3) is 0.300. The summed E-state index contributed by atoms with van der Waals surface area (Å²) in [6, 6.07) is 11.3. The number of carbonyl (C=O) groups excluding carboxylic acids is 1. The molecule has 1 atom stereocenters. The van der Waals surface area contributed by atoms with Gasteiger partial charge in [-0.3, -0.25) is 4.79 Å². The van der Waals surface area contributed by atoms with Gasteiger partial charge in [-0.25, -0.2) is 4.79 Å². The summed E-state index contributed by atoms with van der Waals surface area (Å²) < 4.78 is 10.8. The van der Waals surface area contributed by atoms with Crippen molar-refractivity contribution < 1.29 is 24.2 Å². The van der Waals surface area contributed by atoms with Crippen LogP contribution in [0.15, 0.2) is 42.5 Å². The first-order valence-corrected chi connectivity index (χ1v) is 8.56. The van der Waals surface area contributed by atoms with Crippen LogP contribution in [0.2, 0.25) is 0 Å². The van der Waals surface area contributed by atoms with Crippen LogP contribution in [-0.2, 0) is 22.4 Å². The molecule has 1 unspecified atom stereocenters. The van der Waals surface area contributed by atoms with E-state index in [0.717, 1.165) is 29.0 Å². The lowest BCUT2D eigenvalue weighted by atomic mass is 10.0. The van der Waals surface area contributed by atoms with Crippen LogP contribution in [0.5, 0.6) is 11.5 Å². The Morgan fingerprint density at radius 3 is 2.69 bits per heavy atom. The smallest absolute Gasteiger partial charge is 0.330 e. The maximum absolute atomic E-state index is 12.3. The maximum atomic E-state index is 12.3. The van der Waals surface area contributed by atoms with E-state index in [1.54, 1.807) is 42.5 Å². The highest BCUT2D eigenvalue weighted by Crippen LogP contribution is 2.28. The number of benzene rings is 2. The van der Waals surface area contributed by atoms with E-state index in [-0.39, 0.29) is 12.3 Å². The summed E-state index contributed by atoms with van der Waals surface area (Å²) >= 11 is 0. The first-order valence-electron chi connectivity index (χ1n) is 8.56. The summed E-state index contributed by atoms with van der Waals surface area (Å²) in [5.41, 5.74) is 2.30. The molecule has 136 valence electrons. The third-order valence-electron chi connectivity index (χ3n) is 4.20. The van der Waals surface area contributed by atoms with Gasteiger partial charge in [0.2, 0.25) is 5.91 Å². The number of carboxylic acid groups (broad SMARTS) is 1. The fourth-order valence-electron chi connectivity index (χ4n) is 2.94. The number of ether oxygens (including phenoxy) is 2. The van der Waals surface area contributed by atoms with E-state index >= 15 is 0 Å². The first kappa shape index (κ1) is 17.8. The molecule has 0 radical (unpaired) electrons. The molecule has 6 heteroatoms. The molecule has 0 saturated carbocycles. The Labute approximate surface area is 151 Å². The molecule has 2 N–H and O–H groups in total. The number of fused-ring (bicyclic) bond motifs is 1. The predicted octanol–water partition coefficient (Wildman–Crippen LogP) is 2.50. The Morgan fingerprint density at radius 2 is 2.00 bits per heavy atom. The molecule has 26 heavy (non-hydrogen) atoms. The number of carbonyl (C=O) groups is 2. The molecule has 3 rings (SSSR count). The van der Waals surface area contributed by atoms with Crippen LogP contribution in [-0.4, -0.2) is 30.2 Å². The van der Waals surface area contributed by atoms with Gasteiger partial charge < -0.3 is 19.9 Å². The largest absolute Gasteiger partial charge is 0.494 e. The summed E-state index contributed by atoms with van der Waals surface area (Å²) in [4.78, 5) is 24.0. The summed E-state index contributed by atoms with van der Waals surface area (Å²) in [5.74, 6) is 0.0706. The summed E-state index contributed by atoms with van der Waals surface area (Å²) in [6.45, 7) is 3.07. The maximum Gasteiger partial charge on any atom is 0.330 e. The molecule has 0 aromatic heterocycles. The van der Waals surface area contributed by atoms with Crippen LogP contribution in [0, 0.1) is 0 Å². The van der Waals surface area contributed by atoms with Crippen molar-refractivity contribution in [1.82, 2.24) is 5.32 Å². The highest BCUT2D eigenvalue weighted by molar-refractivity contribution is 5.85. The summed E-state index contributed by atoms with van der Waals surface area (Å²) in [7, 11) is 0. The van der Waals surface area contributed by atoms with Gasteiger partial charge in [-0.15, -0.1) is 0 Å². The number of rotatable bonds is 7. The van der Waals surface area contributed by atoms with Crippen LogP contribution in [0.1, 0.15) is 29.7 Å². The lowest BCUT2D eigenvalue weighted by molar-refractivity contribution is -0.141. The van der Waals surface area contributed by atoms with Gasteiger partial charge >= 0.3 is 5.97 Å². The molecule has 0 aliphatic carbocycles. The second-order valence-electron chi connectivity index (χ2n) is 6.06. The van der Waals surface area contributed by atoms with Gasteiger partial charge in [0.15, 0.2) is 6.04 Å². The molecule has 1 aliphatic heterocycles. The van der Waals surface area contributed by atoms with Gasteiger partial charge in [0, 0.05) is 6.42 Å². The monoisotopic (exact) mass is 355 g/mol. The highest BCUT2D eigenvalue weighted by Gasteiger charge is 2.24. The van der Waals surface area contributed by atoms with Crippen LogP contribution >= 0.6 is 0 Å². The van der Waals surface area contributed by atoms with Crippen molar-refractivity contribution in [3.63, 3.8) is 0 Å². The normalized spacial score (nSPS) is 13.4. The fourth-order valence-corrected chi connectivity index (χ4v) is 2.94. The number of nitrogens with one attached hydrogen (secondary N) is 1. The molecule has 0 spiro atoms. The van der Waals surface area contributed by atoms with Crippen molar-refractivity contribution in [2.45, 2.75) is 25.8 Å². The molecule has 2 aromatic rings. The Hall–Kier alpha value is -3.02. The lowest BCUT2D eigenvalue weighted by Gasteiger charge is -2.16. The van der Waals surface area contributed by atoms with Crippen molar-refractivity contribution >= 4 is 11.9 Å². The molecule has 1 amide bonds. The van der Waals surface area contributed by atoms with Crippen LogP contribution in [0.3, 0.4) is 0 Å². The molecule has 1 aliphatic rings. The molecule has 0 saturated heterocycles. The number of aliphatic carboxylic acids is 1. The van der Waals surface area contributed by atoms with Gasteiger partial charge in [-0.2, -0.15) is 0 Å². The third kappa shape index (κ3) is 4.14. The number of hydrogen-bond donors (Lipinski definition) is 2. The Balaban J connectivity index is 1.67. The second-order valence-corrected chi connectivity index (χ2v) is 6.06. The zero-order chi connectivity index (χ0) is 18.5. The van der Waals surface area contributed by atoms with Crippen molar-refractivity contribution in [2.75, 3.05) is 13.2 Å². The molecular weight excluding hydrogens is 334 g/mol. The number of hydrogen-bond acceptors (Lipinski definition) is 4. The van der Waals surface area contributed by atoms with E-state index in [1.165, 1.54) is 0 Å². The van der Waals surface area contributed by atoms with E-state index in [9.17, 15) is 14.7 Å². The van der Waals surface area contributed by atoms with E-state index in [0.29, 0.717) is 18.8 Å². The standard InChI is InChI=1S/C20H21NO5/c1-2-25-16-6-3-13(4-7-16)11-18(22)21-19(20(23)24)15-5-8-17-14(12-15)9-10-26-17/h3-8,12,19H,2,9-11H2,1H3,(H,21,22)(H,23,24). The molecule has 1 heterocycles. The molecule has 6 nitrogen and oxygen atoms in total. The van der Waals surface area contributed by atoms with Gasteiger partial charge in [0.05, 0.1) is 19.6 Å². The lowest BCUT2D eigenvalue weighted by Crippen LogP contribution is -2.34. The van der Waals surface area contributed by atoms with E-state index in [2.05, 4.69) is 5.32 Å². The average Bonchev–Trinajstić information content (AvgIpc) is 3.09.